The summed E-state index contributed by atoms with van der Waals surface area (Å²) in [6.45, 7) is 4.77. The molecular formula is C17H25N3. The lowest BCUT2D eigenvalue weighted by Crippen LogP contribution is -2.44. The van der Waals surface area contributed by atoms with Crippen molar-refractivity contribution >= 4 is 0 Å². The van der Waals surface area contributed by atoms with Crippen LogP contribution in [0.4, 0.5) is 0 Å². The standard InChI is InChI=1S/C17H25N3/c1-9-16(10(2)20-15(8-18)19-9)17-13-4-11-3-12(6-13)7-14(17)5-11/h11-14,17H,3-8,18H2,1-2H3. The Morgan fingerprint density at radius 1 is 0.900 bits per heavy atom. The van der Waals surface area contributed by atoms with Gasteiger partial charge in [0.1, 0.15) is 5.82 Å². The molecule has 2 N–H and O–H groups in total. The minimum atomic E-state index is 0.448. The van der Waals surface area contributed by atoms with Crippen molar-refractivity contribution < 1.29 is 0 Å². The fraction of sp³-hybridized carbons (Fsp3) is 0.765. The molecule has 0 amide bonds. The van der Waals surface area contributed by atoms with Crippen molar-refractivity contribution in [3.63, 3.8) is 0 Å². The van der Waals surface area contributed by atoms with E-state index in [0.29, 0.717) is 6.54 Å². The van der Waals surface area contributed by atoms with Gasteiger partial charge < -0.3 is 5.73 Å². The highest BCUT2D eigenvalue weighted by atomic mass is 14.9. The van der Waals surface area contributed by atoms with E-state index in [1.54, 1.807) is 0 Å². The average molecular weight is 271 g/mol. The number of nitrogens with zero attached hydrogens (tertiary/aromatic N) is 2. The number of hydrogen-bond donors (Lipinski definition) is 1. The Kier molecular flexibility index (Phi) is 2.88. The van der Waals surface area contributed by atoms with Gasteiger partial charge in [-0.1, -0.05) is 0 Å². The largest absolute Gasteiger partial charge is 0.324 e. The second kappa shape index (κ2) is 4.52. The Labute approximate surface area is 121 Å². The highest BCUT2D eigenvalue weighted by Gasteiger charge is 2.49. The average Bonchev–Trinajstić information content (AvgIpc) is 2.39. The summed E-state index contributed by atoms with van der Waals surface area (Å²) in [5.74, 6) is 5.38. The van der Waals surface area contributed by atoms with Gasteiger partial charge in [-0.05, 0) is 81.1 Å². The van der Waals surface area contributed by atoms with Gasteiger partial charge in [-0.15, -0.1) is 0 Å². The summed E-state index contributed by atoms with van der Waals surface area (Å²) in [6, 6.07) is 0. The van der Waals surface area contributed by atoms with Crippen LogP contribution in [0.3, 0.4) is 0 Å². The molecule has 0 atom stereocenters. The van der Waals surface area contributed by atoms with Crippen LogP contribution in [0.25, 0.3) is 0 Å². The Morgan fingerprint density at radius 3 is 1.85 bits per heavy atom. The first-order valence-electron chi connectivity index (χ1n) is 8.19. The highest BCUT2D eigenvalue weighted by Crippen LogP contribution is 2.60. The summed E-state index contributed by atoms with van der Waals surface area (Å²) >= 11 is 0. The van der Waals surface area contributed by atoms with E-state index in [2.05, 4.69) is 23.8 Å². The maximum Gasteiger partial charge on any atom is 0.142 e. The van der Waals surface area contributed by atoms with Crippen LogP contribution >= 0.6 is 0 Å². The monoisotopic (exact) mass is 271 g/mol. The number of aryl methyl sites for hydroxylation is 2. The van der Waals surface area contributed by atoms with Gasteiger partial charge in [0.15, 0.2) is 0 Å². The molecule has 0 unspecified atom stereocenters. The third-order valence-corrected chi connectivity index (χ3v) is 6.12. The van der Waals surface area contributed by atoms with E-state index in [9.17, 15) is 0 Å². The Bertz CT molecular complexity index is 486. The summed E-state index contributed by atoms with van der Waals surface area (Å²) in [5, 5.41) is 0. The van der Waals surface area contributed by atoms with E-state index < -0.39 is 0 Å². The van der Waals surface area contributed by atoms with Gasteiger partial charge >= 0.3 is 0 Å². The molecule has 1 aromatic heterocycles. The molecule has 0 saturated heterocycles. The first-order chi connectivity index (χ1) is 9.65. The Hall–Kier alpha value is -0.960. The summed E-state index contributed by atoms with van der Waals surface area (Å²) in [7, 11) is 0. The normalized spacial score (nSPS) is 38.5. The number of aromatic nitrogens is 2. The summed E-state index contributed by atoms with van der Waals surface area (Å²) < 4.78 is 0. The zero-order valence-corrected chi connectivity index (χ0v) is 12.6. The van der Waals surface area contributed by atoms with Crippen molar-refractivity contribution in [2.45, 2.75) is 58.4 Å². The summed E-state index contributed by atoms with van der Waals surface area (Å²) in [5.41, 5.74) is 9.56. The van der Waals surface area contributed by atoms with Crippen LogP contribution in [-0.4, -0.2) is 9.97 Å². The van der Waals surface area contributed by atoms with Gasteiger partial charge in [0.05, 0.1) is 6.54 Å². The van der Waals surface area contributed by atoms with Crippen molar-refractivity contribution in [2.75, 3.05) is 0 Å². The molecule has 0 aromatic carbocycles. The van der Waals surface area contributed by atoms with Gasteiger partial charge in [0.25, 0.3) is 0 Å². The molecule has 4 aliphatic rings. The number of hydrogen-bond acceptors (Lipinski definition) is 3. The predicted molar refractivity (Wildman–Crippen MR) is 79.2 cm³/mol. The molecule has 108 valence electrons. The van der Waals surface area contributed by atoms with Gasteiger partial charge in [-0.2, -0.15) is 0 Å². The minimum absolute atomic E-state index is 0.448. The van der Waals surface area contributed by atoms with Crippen LogP contribution in [0.1, 0.15) is 60.8 Å². The second-order valence-corrected chi connectivity index (χ2v) is 7.38. The molecule has 4 saturated carbocycles. The molecule has 0 radical (unpaired) electrons. The van der Waals surface area contributed by atoms with Crippen LogP contribution in [0.2, 0.25) is 0 Å². The van der Waals surface area contributed by atoms with E-state index in [4.69, 9.17) is 5.73 Å². The number of nitrogens with two attached hydrogens (primary N) is 1. The smallest absolute Gasteiger partial charge is 0.142 e. The fourth-order valence-electron chi connectivity index (χ4n) is 5.76. The van der Waals surface area contributed by atoms with Crippen LogP contribution in [0.5, 0.6) is 0 Å². The molecule has 4 fully saturated rings. The van der Waals surface area contributed by atoms with Gasteiger partial charge in [-0.3, -0.25) is 0 Å². The fourth-order valence-corrected chi connectivity index (χ4v) is 5.76. The molecule has 5 rings (SSSR count). The molecule has 0 aliphatic heterocycles. The van der Waals surface area contributed by atoms with Crippen LogP contribution in [0.15, 0.2) is 0 Å². The van der Waals surface area contributed by atoms with E-state index in [1.165, 1.54) is 49.1 Å². The van der Waals surface area contributed by atoms with E-state index in [0.717, 1.165) is 35.4 Å². The van der Waals surface area contributed by atoms with Gasteiger partial charge in [0, 0.05) is 11.4 Å². The Morgan fingerprint density at radius 2 is 1.40 bits per heavy atom. The lowest BCUT2D eigenvalue weighted by molar-refractivity contribution is -0.00346. The molecule has 3 nitrogen and oxygen atoms in total. The topological polar surface area (TPSA) is 51.8 Å². The molecule has 3 heteroatoms. The van der Waals surface area contributed by atoms with Crippen LogP contribution < -0.4 is 5.73 Å². The van der Waals surface area contributed by atoms with Crippen molar-refractivity contribution in [3.8, 4) is 0 Å². The molecule has 4 aliphatic carbocycles. The van der Waals surface area contributed by atoms with Crippen molar-refractivity contribution in [1.29, 1.82) is 0 Å². The van der Waals surface area contributed by atoms with Gasteiger partial charge in [-0.25, -0.2) is 9.97 Å². The molecule has 1 heterocycles. The third kappa shape index (κ3) is 1.82. The SMILES string of the molecule is Cc1nc(CN)nc(C)c1C1C2CC3CC(C2)CC1C3. The maximum absolute atomic E-state index is 5.71. The van der Waals surface area contributed by atoms with E-state index in [1.807, 2.05) is 0 Å². The van der Waals surface area contributed by atoms with Crippen LogP contribution in [0, 0.1) is 37.5 Å². The highest BCUT2D eigenvalue weighted by molar-refractivity contribution is 5.31. The predicted octanol–water partition coefficient (Wildman–Crippen LogP) is 3.09. The molecule has 4 bridgehead atoms. The summed E-state index contributed by atoms with van der Waals surface area (Å²) in [6.07, 6.45) is 7.33. The number of rotatable bonds is 2. The Balaban J connectivity index is 1.74. The lowest BCUT2D eigenvalue weighted by Gasteiger charge is -2.55. The molecule has 1 aromatic rings. The molecule has 0 spiro atoms. The first kappa shape index (κ1) is 12.8. The quantitative estimate of drug-likeness (QED) is 0.899. The van der Waals surface area contributed by atoms with E-state index >= 15 is 0 Å². The van der Waals surface area contributed by atoms with Gasteiger partial charge in [0.2, 0.25) is 0 Å². The van der Waals surface area contributed by atoms with Crippen LogP contribution in [-0.2, 0) is 6.54 Å². The lowest BCUT2D eigenvalue weighted by atomic mass is 9.50. The van der Waals surface area contributed by atoms with Crippen molar-refractivity contribution in [2.24, 2.45) is 29.4 Å². The molecular weight excluding hydrogens is 246 g/mol. The zero-order valence-electron chi connectivity index (χ0n) is 12.6. The summed E-state index contributed by atoms with van der Waals surface area (Å²) in [4.78, 5) is 9.30. The minimum Gasteiger partial charge on any atom is -0.324 e. The maximum atomic E-state index is 5.71. The van der Waals surface area contributed by atoms with Crippen molar-refractivity contribution in [1.82, 2.24) is 9.97 Å². The molecule has 20 heavy (non-hydrogen) atoms. The first-order valence-corrected chi connectivity index (χ1v) is 8.19. The second-order valence-electron chi connectivity index (χ2n) is 7.38. The van der Waals surface area contributed by atoms with Crippen molar-refractivity contribution in [3.05, 3.63) is 22.8 Å². The zero-order chi connectivity index (χ0) is 13.9. The van der Waals surface area contributed by atoms with E-state index in [-0.39, 0.29) is 0 Å². The third-order valence-electron chi connectivity index (χ3n) is 6.12.